The van der Waals surface area contributed by atoms with Gasteiger partial charge in [0, 0.05) is 24.7 Å². The average molecular weight is 254 g/mol. The summed E-state index contributed by atoms with van der Waals surface area (Å²) >= 11 is 0. The number of rotatable bonds is 4. The average Bonchev–Trinajstić information content (AvgIpc) is 2.64. The second kappa shape index (κ2) is 7.46. The molecule has 106 valence electrons. The van der Waals surface area contributed by atoms with E-state index in [1.165, 1.54) is 45.1 Å². The van der Waals surface area contributed by atoms with Crippen LogP contribution in [0.15, 0.2) is 0 Å². The van der Waals surface area contributed by atoms with Crippen molar-refractivity contribution >= 4 is 0 Å². The molecule has 3 heteroatoms. The standard InChI is InChI=1S/C15H30N2O/c1-3-15-7-5-4-6-9-17(15)13(2)11-14-12-18-10-8-16-14/h13-16H,3-12H2,1-2H3. The number of morpholine rings is 1. The van der Waals surface area contributed by atoms with E-state index in [0.29, 0.717) is 12.1 Å². The molecule has 0 radical (unpaired) electrons. The maximum Gasteiger partial charge on any atom is 0.0620 e. The summed E-state index contributed by atoms with van der Waals surface area (Å²) in [5, 5.41) is 3.59. The van der Waals surface area contributed by atoms with Gasteiger partial charge in [0.2, 0.25) is 0 Å². The van der Waals surface area contributed by atoms with E-state index in [9.17, 15) is 0 Å². The maximum atomic E-state index is 5.57. The maximum absolute atomic E-state index is 5.57. The Morgan fingerprint density at radius 3 is 2.94 bits per heavy atom. The molecule has 0 saturated carbocycles. The van der Waals surface area contributed by atoms with Gasteiger partial charge in [0.15, 0.2) is 0 Å². The fourth-order valence-electron chi connectivity index (χ4n) is 3.54. The summed E-state index contributed by atoms with van der Waals surface area (Å²) in [5.74, 6) is 0. The van der Waals surface area contributed by atoms with Crippen molar-refractivity contribution in [1.82, 2.24) is 10.2 Å². The first-order chi connectivity index (χ1) is 8.81. The Bertz CT molecular complexity index is 229. The van der Waals surface area contributed by atoms with Crippen LogP contribution >= 0.6 is 0 Å². The van der Waals surface area contributed by atoms with E-state index in [1.54, 1.807) is 0 Å². The quantitative estimate of drug-likeness (QED) is 0.834. The highest BCUT2D eigenvalue weighted by atomic mass is 16.5. The van der Waals surface area contributed by atoms with Crippen LogP contribution in [0.3, 0.4) is 0 Å². The Morgan fingerprint density at radius 1 is 1.33 bits per heavy atom. The van der Waals surface area contributed by atoms with E-state index in [-0.39, 0.29) is 0 Å². The third-order valence-electron chi connectivity index (χ3n) is 4.58. The molecule has 0 bridgehead atoms. The Hall–Kier alpha value is -0.120. The highest BCUT2D eigenvalue weighted by Crippen LogP contribution is 2.23. The topological polar surface area (TPSA) is 24.5 Å². The van der Waals surface area contributed by atoms with Crippen molar-refractivity contribution in [2.75, 3.05) is 26.3 Å². The zero-order valence-corrected chi connectivity index (χ0v) is 12.2. The molecule has 2 aliphatic heterocycles. The summed E-state index contributed by atoms with van der Waals surface area (Å²) in [6, 6.07) is 2.06. The van der Waals surface area contributed by atoms with Crippen molar-refractivity contribution in [3.05, 3.63) is 0 Å². The van der Waals surface area contributed by atoms with Gasteiger partial charge in [-0.15, -0.1) is 0 Å². The first-order valence-electron chi connectivity index (χ1n) is 7.88. The molecule has 2 aliphatic rings. The van der Waals surface area contributed by atoms with Crippen molar-refractivity contribution in [2.24, 2.45) is 0 Å². The van der Waals surface area contributed by atoms with Crippen LogP contribution in [-0.2, 0) is 4.74 Å². The summed E-state index contributed by atoms with van der Waals surface area (Å²) < 4.78 is 5.57. The summed E-state index contributed by atoms with van der Waals surface area (Å²) in [4.78, 5) is 2.77. The molecule has 0 spiro atoms. The number of hydrogen-bond donors (Lipinski definition) is 1. The molecule has 18 heavy (non-hydrogen) atoms. The first kappa shape index (κ1) is 14.3. The monoisotopic (exact) mass is 254 g/mol. The van der Waals surface area contributed by atoms with Crippen LogP contribution in [0.1, 0.15) is 52.4 Å². The van der Waals surface area contributed by atoms with Gasteiger partial charge < -0.3 is 10.1 Å². The van der Waals surface area contributed by atoms with Gasteiger partial charge in [-0.05, 0) is 39.2 Å². The summed E-state index contributed by atoms with van der Waals surface area (Å²) in [5.41, 5.74) is 0. The van der Waals surface area contributed by atoms with Gasteiger partial charge in [-0.2, -0.15) is 0 Å². The fourth-order valence-corrected chi connectivity index (χ4v) is 3.54. The molecule has 2 rings (SSSR count). The number of hydrogen-bond acceptors (Lipinski definition) is 3. The fraction of sp³-hybridized carbons (Fsp3) is 1.00. The molecule has 2 fully saturated rings. The highest BCUT2D eigenvalue weighted by molar-refractivity contribution is 4.83. The van der Waals surface area contributed by atoms with E-state index in [4.69, 9.17) is 4.74 Å². The zero-order chi connectivity index (χ0) is 12.8. The van der Waals surface area contributed by atoms with Crippen molar-refractivity contribution in [3.8, 4) is 0 Å². The lowest BCUT2D eigenvalue weighted by molar-refractivity contribution is 0.0547. The Labute approximate surface area is 112 Å². The molecule has 0 aromatic carbocycles. The van der Waals surface area contributed by atoms with Gasteiger partial charge in [0.25, 0.3) is 0 Å². The number of nitrogens with zero attached hydrogens (tertiary/aromatic N) is 1. The van der Waals surface area contributed by atoms with Crippen LogP contribution in [0, 0.1) is 0 Å². The van der Waals surface area contributed by atoms with Crippen LogP contribution in [0.25, 0.3) is 0 Å². The Morgan fingerprint density at radius 2 is 2.22 bits per heavy atom. The van der Waals surface area contributed by atoms with E-state index >= 15 is 0 Å². The second-order valence-corrected chi connectivity index (χ2v) is 5.96. The first-order valence-corrected chi connectivity index (χ1v) is 7.88. The minimum Gasteiger partial charge on any atom is -0.379 e. The normalized spacial score (nSPS) is 33.0. The lowest BCUT2D eigenvalue weighted by Crippen LogP contribution is -2.48. The molecule has 3 unspecified atom stereocenters. The van der Waals surface area contributed by atoms with Gasteiger partial charge >= 0.3 is 0 Å². The zero-order valence-electron chi connectivity index (χ0n) is 12.2. The summed E-state index contributed by atoms with van der Waals surface area (Å²) in [6.45, 7) is 8.85. The highest BCUT2D eigenvalue weighted by Gasteiger charge is 2.26. The third kappa shape index (κ3) is 3.94. The van der Waals surface area contributed by atoms with Crippen LogP contribution in [0.5, 0.6) is 0 Å². The largest absolute Gasteiger partial charge is 0.379 e. The molecular formula is C15H30N2O. The van der Waals surface area contributed by atoms with Gasteiger partial charge in [0.1, 0.15) is 0 Å². The lowest BCUT2D eigenvalue weighted by atomic mass is 10.0. The lowest BCUT2D eigenvalue weighted by Gasteiger charge is -2.37. The van der Waals surface area contributed by atoms with E-state index in [2.05, 4.69) is 24.1 Å². The third-order valence-corrected chi connectivity index (χ3v) is 4.58. The minimum absolute atomic E-state index is 0.564. The van der Waals surface area contributed by atoms with Gasteiger partial charge in [-0.3, -0.25) is 4.90 Å². The van der Waals surface area contributed by atoms with E-state index in [0.717, 1.165) is 25.8 Å². The molecule has 2 saturated heterocycles. The predicted molar refractivity (Wildman–Crippen MR) is 75.9 cm³/mol. The summed E-state index contributed by atoms with van der Waals surface area (Å²) in [7, 11) is 0. The number of ether oxygens (including phenoxy) is 1. The van der Waals surface area contributed by atoms with Crippen molar-refractivity contribution in [1.29, 1.82) is 0 Å². The second-order valence-electron chi connectivity index (χ2n) is 5.96. The van der Waals surface area contributed by atoms with Crippen molar-refractivity contribution in [2.45, 2.75) is 70.5 Å². The molecule has 1 N–H and O–H groups in total. The minimum atomic E-state index is 0.564. The predicted octanol–water partition coefficient (Wildman–Crippen LogP) is 2.41. The SMILES string of the molecule is CCC1CCCCCN1C(C)CC1COCCN1. The molecular weight excluding hydrogens is 224 g/mol. The molecule has 0 amide bonds. The van der Waals surface area contributed by atoms with Crippen LogP contribution < -0.4 is 5.32 Å². The van der Waals surface area contributed by atoms with Gasteiger partial charge in [-0.25, -0.2) is 0 Å². The molecule has 0 aromatic rings. The smallest absolute Gasteiger partial charge is 0.0620 e. The molecule has 2 heterocycles. The summed E-state index contributed by atoms with van der Waals surface area (Å²) in [6.07, 6.45) is 8.16. The number of likely N-dealkylation sites (tertiary alicyclic amines) is 1. The van der Waals surface area contributed by atoms with Gasteiger partial charge in [-0.1, -0.05) is 19.8 Å². The van der Waals surface area contributed by atoms with Crippen molar-refractivity contribution in [3.63, 3.8) is 0 Å². The Kier molecular flexibility index (Phi) is 5.93. The number of nitrogens with one attached hydrogen (secondary N) is 1. The molecule has 0 aliphatic carbocycles. The molecule has 0 aromatic heterocycles. The van der Waals surface area contributed by atoms with E-state index in [1.807, 2.05) is 0 Å². The van der Waals surface area contributed by atoms with E-state index < -0.39 is 0 Å². The van der Waals surface area contributed by atoms with Gasteiger partial charge in [0.05, 0.1) is 13.2 Å². The van der Waals surface area contributed by atoms with Crippen molar-refractivity contribution < 1.29 is 4.74 Å². The van der Waals surface area contributed by atoms with Crippen LogP contribution in [-0.4, -0.2) is 49.3 Å². The molecule has 3 nitrogen and oxygen atoms in total. The molecule has 3 atom stereocenters. The van der Waals surface area contributed by atoms with Crippen LogP contribution in [0.2, 0.25) is 0 Å². The Balaban J connectivity index is 1.86. The van der Waals surface area contributed by atoms with Crippen LogP contribution in [0.4, 0.5) is 0 Å².